The molecular weight excluding hydrogens is 470 g/mol. The van der Waals surface area contributed by atoms with Crippen molar-refractivity contribution in [2.75, 3.05) is 5.32 Å². The van der Waals surface area contributed by atoms with Crippen LogP contribution < -0.4 is 10.6 Å². The second kappa shape index (κ2) is 10.5. The summed E-state index contributed by atoms with van der Waals surface area (Å²) in [4.78, 5) is 41.3. The topological polar surface area (TPSA) is 108 Å². The largest absolute Gasteiger partial charge is 0.508 e. The summed E-state index contributed by atoms with van der Waals surface area (Å²) in [6.07, 6.45) is 0.769. The van der Waals surface area contributed by atoms with Gasteiger partial charge in [0, 0.05) is 11.7 Å². The molecule has 0 saturated heterocycles. The number of phenolic OH excluding ortho intramolecular Hbond substituents is 1. The molecule has 0 heterocycles. The molecule has 194 valence electrons. The summed E-state index contributed by atoms with van der Waals surface area (Å²) in [5.41, 5.74) is 0.354. The molecule has 4 rings (SSSR count). The Morgan fingerprint density at radius 3 is 2.32 bits per heavy atom. The minimum atomic E-state index is -1.01. The predicted octanol–water partition coefficient (Wildman–Crippen LogP) is 5.13. The van der Waals surface area contributed by atoms with E-state index in [0.717, 1.165) is 23.6 Å². The van der Waals surface area contributed by atoms with Gasteiger partial charge in [-0.15, -0.1) is 0 Å². The lowest BCUT2D eigenvalue weighted by Crippen LogP contribution is -2.52. The maximum absolute atomic E-state index is 13.8. The van der Waals surface area contributed by atoms with Gasteiger partial charge in [-0.25, -0.2) is 4.79 Å². The molecule has 3 amide bonds. The Morgan fingerprint density at radius 1 is 0.973 bits per heavy atom. The number of nitrogens with zero attached hydrogens (tertiary/aromatic N) is 1. The fourth-order valence-corrected chi connectivity index (χ4v) is 4.25. The summed E-state index contributed by atoms with van der Waals surface area (Å²) in [5.74, 6) is -0.829. The van der Waals surface area contributed by atoms with Crippen LogP contribution >= 0.6 is 0 Å². The number of fused-ring (bicyclic) bond motifs is 1. The summed E-state index contributed by atoms with van der Waals surface area (Å²) >= 11 is 0. The van der Waals surface area contributed by atoms with E-state index >= 15 is 0 Å². The predicted molar refractivity (Wildman–Crippen MR) is 142 cm³/mol. The van der Waals surface area contributed by atoms with Gasteiger partial charge in [-0.05, 0) is 81.1 Å². The number of ether oxygens (including phenoxy) is 1. The van der Waals surface area contributed by atoms with Gasteiger partial charge in [0.05, 0.1) is 0 Å². The monoisotopic (exact) mass is 503 g/mol. The molecule has 1 aliphatic carbocycles. The van der Waals surface area contributed by atoms with Crippen molar-refractivity contribution in [1.29, 1.82) is 0 Å². The van der Waals surface area contributed by atoms with E-state index in [2.05, 4.69) is 10.6 Å². The average Bonchev–Trinajstić information content (AvgIpc) is 3.65. The van der Waals surface area contributed by atoms with Crippen molar-refractivity contribution in [3.05, 3.63) is 72.3 Å². The van der Waals surface area contributed by atoms with Gasteiger partial charge in [0.1, 0.15) is 23.4 Å². The number of anilines is 1. The average molecular weight is 504 g/mol. The van der Waals surface area contributed by atoms with Crippen LogP contribution in [0.2, 0.25) is 0 Å². The van der Waals surface area contributed by atoms with Crippen molar-refractivity contribution in [3.63, 3.8) is 0 Å². The molecule has 8 heteroatoms. The molecule has 3 aromatic rings. The first-order valence-corrected chi connectivity index (χ1v) is 12.4. The van der Waals surface area contributed by atoms with Gasteiger partial charge in [0.25, 0.3) is 5.91 Å². The molecule has 1 fully saturated rings. The number of aromatic hydroxyl groups is 1. The van der Waals surface area contributed by atoms with E-state index in [4.69, 9.17) is 4.74 Å². The van der Waals surface area contributed by atoms with Gasteiger partial charge < -0.3 is 25.4 Å². The Balaban J connectivity index is 1.63. The van der Waals surface area contributed by atoms with Gasteiger partial charge in [-0.1, -0.05) is 42.5 Å². The van der Waals surface area contributed by atoms with Crippen molar-refractivity contribution in [3.8, 4) is 5.75 Å². The van der Waals surface area contributed by atoms with Crippen LogP contribution in [0.3, 0.4) is 0 Å². The van der Waals surface area contributed by atoms with Gasteiger partial charge in [-0.3, -0.25) is 9.59 Å². The minimum Gasteiger partial charge on any atom is -0.508 e. The van der Waals surface area contributed by atoms with Crippen LogP contribution in [0.1, 0.15) is 52.1 Å². The number of benzene rings is 3. The molecule has 2 unspecified atom stereocenters. The lowest BCUT2D eigenvalue weighted by atomic mass is 10.0. The van der Waals surface area contributed by atoms with Crippen molar-refractivity contribution in [2.24, 2.45) is 0 Å². The van der Waals surface area contributed by atoms with Crippen LogP contribution in [-0.4, -0.2) is 45.6 Å². The third kappa shape index (κ3) is 6.58. The first kappa shape index (κ1) is 26.0. The maximum Gasteiger partial charge on any atom is 0.408 e. The highest BCUT2D eigenvalue weighted by Gasteiger charge is 2.43. The Labute approximate surface area is 216 Å². The Hall–Kier alpha value is -4.07. The van der Waals surface area contributed by atoms with E-state index in [-0.39, 0.29) is 11.8 Å². The number of carbonyl (C=O) groups is 3. The minimum absolute atomic E-state index is 0.0101. The molecule has 0 spiro atoms. The molecule has 37 heavy (non-hydrogen) atoms. The molecule has 0 bridgehead atoms. The molecule has 8 nitrogen and oxygen atoms in total. The van der Waals surface area contributed by atoms with Crippen LogP contribution in [0.25, 0.3) is 10.8 Å². The fraction of sp³-hybridized carbons (Fsp3) is 0.345. The van der Waals surface area contributed by atoms with Crippen molar-refractivity contribution in [2.45, 2.75) is 64.3 Å². The first-order valence-electron chi connectivity index (χ1n) is 12.4. The van der Waals surface area contributed by atoms with Gasteiger partial charge >= 0.3 is 6.09 Å². The molecule has 3 N–H and O–H groups in total. The smallest absolute Gasteiger partial charge is 0.408 e. The number of rotatable bonds is 7. The number of amides is 3. The molecule has 0 radical (unpaired) electrons. The fourth-order valence-electron chi connectivity index (χ4n) is 4.25. The third-order valence-corrected chi connectivity index (χ3v) is 6.03. The Morgan fingerprint density at radius 2 is 1.68 bits per heavy atom. The van der Waals surface area contributed by atoms with Crippen molar-refractivity contribution < 1.29 is 24.2 Å². The van der Waals surface area contributed by atoms with E-state index in [1.54, 1.807) is 39.8 Å². The van der Waals surface area contributed by atoms with Crippen LogP contribution in [-0.2, 0) is 14.3 Å². The molecule has 0 aliphatic heterocycles. The van der Waals surface area contributed by atoms with Crippen molar-refractivity contribution in [1.82, 2.24) is 10.2 Å². The van der Waals surface area contributed by atoms with Gasteiger partial charge in [0.2, 0.25) is 5.91 Å². The number of phenols is 1. The van der Waals surface area contributed by atoms with E-state index in [1.165, 1.54) is 17.0 Å². The highest BCUT2D eigenvalue weighted by atomic mass is 16.6. The Kier molecular flexibility index (Phi) is 7.38. The SMILES string of the molecule is CC(NC(=O)OC(C)(C)C)C(=O)N(C1CC1)C(C(=O)Nc1ccc2ccccc2c1)c1cccc(O)c1. The molecular formula is C29H33N3O5. The third-order valence-electron chi connectivity index (χ3n) is 6.03. The van der Waals surface area contributed by atoms with E-state index < -0.39 is 35.6 Å². The van der Waals surface area contributed by atoms with Crippen LogP contribution in [0.15, 0.2) is 66.7 Å². The summed E-state index contributed by atoms with van der Waals surface area (Å²) in [6, 6.07) is 17.7. The molecule has 0 aromatic heterocycles. The highest BCUT2D eigenvalue weighted by molar-refractivity contribution is 6.00. The van der Waals surface area contributed by atoms with E-state index in [0.29, 0.717) is 11.3 Å². The maximum atomic E-state index is 13.8. The lowest BCUT2D eigenvalue weighted by Gasteiger charge is -2.34. The normalized spacial score (nSPS) is 14.9. The van der Waals surface area contributed by atoms with E-state index in [1.807, 2.05) is 42.5 Å². The van der Waals surface area contributed by atoms with Gasteiger partial charge in [-0.2, -0.15) is 0 Å². The standard InChI is InChI=1S/C29H33N3O5/c1-18(30-28(36)37-29(2,3)4)27(35)32(23-14-15-23)25(21-10-7-11-24(33)17-21)26(34)31-22-13-12-19-8-5-6-9-20(19)16-22/h5-13,16-18,23,25,33H,14-15H2,1-4H3,(H,30,36)(H,31,34). The lowest BCUT2D eigenvalue weighted by molar-refractivity contribution is -0.141. The molecule has 1 aliphatic rings. The highest BCUT2D eigenvalue weighted by Crippen LogP contribution is 2.37. The number of alkyl carbamates (subject to hydrolysis) is 1. The zero-order chi connectivity index (χ0) is 26.7. The molecule has 1 saturated carbocycles. The summed E-state index contributed by atoms with van der Waals surface area (Å²) < 4.78 is 5.30. The number of hydrogen-bond donors (Lipinski definition) is 3. The number of carbonyl (C=O) groups excluding carboxylic acids is 3. The zero-order valence-electron chi connectivity index (χ0n) is 21.5. The van der Waals surface area contributed by atoms with Gasteiger partial charge in [0.15, 0.2) is 0 Å². The van der Waals surface area contributed by atoms with E-state index in [9.17, 15) is 19.5 Å². The van der Waals surface area contributed by atoms with Crippen LogP contribution in [0.5, 0.6) is 5.75 Å². The van der Waals surface area contributed by atoms with Crippen LogP contribution in [0, 0.1) is 0 Å². The number of hydrogen-bond acceptors (Lipinski definition) is 5. The summed E-state index contributed by atoms with van der Waals surface area (Å²) in [6.45, 7) is 6.79. The zero-order valence-corrected chi connectivity index (χ0v) is 21.5. The summed E-state index contributed by atoms with van der Waals surface area (Å²) in [7, 11) is 0. The summed E-state index contributed by atoms with van der Waals surface area (Å²) in [5, 5.41) is 17.7. The second-order valence-electron chi connectivity index (χ2n) is 10.4. The molecule has 3 aromatic carbocycles. The number of nitrogens with one attached hydrogen (secondary N) is 2. The molecule has 2 atom stereocenters. The quantitative estimate of drug-likeness (QED) is 0.414. The van der Waals surface area contributed by atoms with Crippen molar-refractivity contribution >= 4 is 34.4 Å². The van der Waals surface area contributed by atoms with Crippen LogP contribution in [0.4, 0.5) is 10.5 Å². The first-order chi connectivity index (χ1) is 17.5. The second-order valence-corrected chi connectivity index (χ2v) is 10.4. The Bertz CT molecular complexity index is 1310.